The fraction of sp³-hybridized carbons (Fsp3) is 0.300. The summed E-state index contributed by atoms with van der Waals surface area (Å²) in [5.74, 6) is 0.236. The molecule has 0 bridgehead atoms. The van der Waals surface area contributed by atoms with Gasteiger partial charge in [-0.3, -0.25) is 4.98 Å². The van der Waals surface area contributed by atoms with Crippen LogP contribution in [0.15, 0.2) is 18.3 Å². The van der Waals surface area contributed by atoms with Crippen LogP contribution in [-0.4, -0.2) is 14.3 Å². The van der Waals surface area contributed by atoms with E-state index in [0.29, 0.717) is 5.01 Å². The number of rotatable bonds is 2. The van der Waals surface area contributed by atoms with Gasteiger partial charge >= 0.3 is 6.18 Å². The van der Waals surface area contributed by atoms with Crippen molar-refractivity contribution in [2.75, 3.05) is 0 Å². The topological polar surface area (TPSA) is 64.7 Å². The molecule has 2 aromatic rings. The number of nitrogens with zero attached hydrogens (tertiary/aromatic N) is 3. The van der Waals surface area contributed by atoms with Crippen molar-refractivity contribution in [1.29, 1.82) is 0 Å². The minimum Gasteiger partial charge on any atom is -0.322 e. The Morgan fingerprint density at radius 2 is 2.05 bits per heavy atom. The van der Waals surface area contributed by atoms with E-state index in [1.807, 2.05) is 0 Å². The molecule has 0 aliphatic rings. The summed E-state index contributed by atoms with van der Waals surface area (Å²) in [6.07, 6.45) is -3.39. The van der Waals surface area contributed by atoms with E-state index in [4.69, 9.17) is 5.73 Å². The molecule has 0 amide bonds. The van der Waals surface area contributed by atoms with Gasteiger partial charge in [-0.25, -0.2) is 4.98 Å². The van der Waals surface area contributed by atoms with Gasteiger partial charge in [-0.05, 0) is 30.6 Å². The molecular weight excluding hydrogens is 301 g/mol. The third-order valence-electron chi connectivity index (χ3n) is 2.14. The molecule has 2 N–H and O–H groups in total. The predicted molar refractivity (Wildman–Crippen MR) is 68.0 cm³/mol. The van der Waals surface area contributed by atoms with Gasteiger partial charge in [0, 0.05) is 11.8 Å². The molecule has 2 heterocycles. The second-order valence-electron chi connectivity index (χ2n) is 3.67. The second kappa shape index (κ2) is 5.81. The highest BCUT2D eigenvalue weighted by atomic mass is 35.5. The number of pyridine rings is 1. The first-order valence-electron chi connectivity index (χ1n) is 5.00. The Morgan fingerprint density at radius 1 is 1.37 bits per heavy atom. The maximum atomic E-state index is 12.5. The minimum absolute atomic E-state index is 0. The van der Waals surface area contributed by atoms with Gasteiger partial charge in [-0.15, -0.1) is 12.4 Å². The van der Waals surface area contributed by atoms with Gasteiger partial charge in [-0.1, -0.05) is 0 Å². The van der Waals surface area contributed by atoms with Gasteiger partial charge in [0.05, 0.1) is 6.04 Å². The number of hydrogen-bond donors (Lipinski definition) is 1. The third-order valence-corrected chi connectivity index (χ3v) is 3.05. The van der Waals surface area contributed by atoms with Crippen LogP contribution in [0.4, 0.5) is 13.2 Å². The molecular formula is C10H10ClF3N4S. The van der Waals surface area contributed by atoms with Crippen LogP contribution in [0.1, 0.15) is 23.7 Å². The largest absolute Gasteiger partial charge is 0.433 e. The lowest BCUT2D eigenvalue weighted by Crippen LogP contribution is -2.07. The molecule has 4 nitrogen and oxygen atoms in total. The van der Waals surface area contributed by atoms with E-state index in [-0.39, 0.29) is 29.8 Å². The Kier molecular flexibility index (Phi) is 4.83. The Bertz CT molecular complexity index is 556. The molecule has 2 aromatic heterocycles. The van der Waals surface area contributed by atoms with Gasteiger partial charge in [0.15, 0.2) is 5.82 Å². The molecule has 0 fully saturated rings. The van der Waals surface area contributed by atoms with Crippen LogP contribution < -0.4 is 5.73 Å². The minimum atomic E-state index is -4.48. The zero-order chi connectivity index (χ0) is 13.3. The molecule has 0 spiro atoms. The summed E-state index contributed by atoms with van der Waals surface area (Å²) in [6, 6.07) is 2.06. The standard InChI is InChI=1S/C10H9F3N4S.ClH/c1-5(14)9-16-8(17-18-9)6-2-3-15-7(4-6)10(11,12)13;/h2-5H,14H2,1H3;1H. The first-order valence-corrected chi connectivity index (χ1v) is 5.78. The smallest absolute Gasteiger partial charge is 0.322 e. The van der Waals surface area contributed by atoms with Crippen LogP contribution in [0.3, 0.4) is 0 Å². The Balaban J connectivity index is 0.00000180. The van der Waals surface area contributed by atoms with Crippen molar-refractivity contribution in [2.24, 2.45) is 5.73 Å². The van der Waals surface area contributed by atoms with Gasteiger partial charge < -0.3 is 5.73 Å². The molecule has 1 unspecified atom stereocenters. The van der Waals surface area contributed by atoms with E-state index >= 15 is 0 Å². The number of nitrogens with two attached hydrogens (primary N) is 1. The molecule has 0 aromatic carbocycles. The molecule has 0 aliphatic carbocycles. The average molecular weight is 311 g/mol. The maximum absolute atomic E-state index is 12.5. The number of alkyl halides is 3. The van der Waals surface area contributed by atoms with Crippen LogP contribution in [0.25, 0.3) is 11.4 Å². The zero-order valence-corrected chi connectivity index (χ0v) is 11.3. The van der Waals surface area contributed by atoms with E-state index in [0.717, 1.165) is 23.8 Å². The maximum Gasteiger partial charge on any atom is 0.433 e. The molecule has 19 heavy (non-hydrogen) atoms. The highest BCUT2D eigenvalue weighted by Gasteiger charge is 2.32. The molecule has 0 saturated heterocycles. The lowest BCUT2D eigenvalue weighted by atomic mass is 10.2. The van der Waals surface area contributed by atoms with Crippen molar-refractivity contribution < 1.29 is 13.2 Å². The van der Waals surface area contributed by atoms with Gasteiger partial charge in [0.2, 0.25) is 0 Å². The van der Waals surface area contributed by atoms with Crippen molar-refractivity contribution in [3.63, 3.8) is 0 Å². The summed E-state index contributed by atoms with van der Waals surface area (Å²) < 4.78 is 41.5. The van der Waals surface area contributed by atoms with Crippen LogP contribution in [0.2, 0.25) is 0 Å². The van der Waals surface area contributed by atoms with Crippen molar-refractivity contribution in [3.05, 3.63) is 29.0 Å². The number of hydrogen-bond acceptors (Lipinski definition) is 5. The molecule has 0 saturated carbocycles. The zero-order valence-electron chi connectivity index (χ0n) is 9.68. The Labute approximate surface area is 117 Å². The fourth-order valence-electron chi connectivity index (χ4n) is 1.26. The molecule has 9 heteroatoms. The number of aromatic nitrogens is 3. The fourth-order valence-corrected chi connectivity index (χ4v) is 1.88. The summed E-state index contributed by atoms with van der Waals surface area (Å²) in [4.78, 5) is 7.37. The SMILES string of the molecule is CC(N)c1nc(-c2ccnc(C(F)(F)F)c2)ns1.Cl. The monoisotopic (exact) mass is 310 g/mol. The van der Waals surface area contributed by atoms with Crippen LogP contribution in [0, 0.1) is 0 Å². The van der Waals surface area contributed by atoms with E-state index in [2.05, 4.69) is 14.3 Å². The van der Waals surface area contributed by atoms with E-state index in [1.54, 1.807) is 6.92 Å². The summed E-state index contributed by atoms with van der Waals surface area (Å²) in [5.41, 5.74) is 4.94. The molecule has 0 aliphatic heterocycles. The van der Waals surface area contributed by atoms with Crippen molar-refractivity contribution in [3.8, 4) is 11.4 Å². The highest BCUT2D eigenvalue weighted by molar-refractivity contribution is 7.05. The molecule has 1 atom stereocenters. The quantitative estimate of drug-likeness (QED) is 0.926. The average Bonchev–Trinajstić information content (AvgIpc) is 2.77. The van der Waals surface area contributed by atoms with Crippen molar-refractivity contribution in [2.45, 2.75) is 19.1 Å². The van der Waals surface area contributed by atoms with E-state index in [9.17, 15) is 13.2 Å². The molecule has 2 rings (SSSR count). The normalized spacial score (nSPS) is 12.9. The molecule has 0 radical (unpaired) electrons. The predicted octanol–water partition coefficient (Wildman–Crippen LogP) is 3.06. The highest BCUT2D eigenvalue weighted by Crippen LogP contribution is 2.30. The van der Waals surface area contributed by atoms with Gasteiger partial charge in [0.1, 0.15) is 10.7 Å². The van der Waals surface area contributed by atoms with Crippen LogP contribution in [-0.2, 0) is 6.18 Å². The van der Waals surface area contributed by atoms with Crippen molar-refractivity contribution in [1.82, 2.24) is 14.3 Å². The lowest BCUT2D eigenvalue weighted by molar-refractivity contribution is -0.141. The summed E-state index contributed by atoms with van der Waals surface area (Å²) in [6.45, 7) is 1.73. The van der Waals surface area contributed by atoms with Gasteiger partial charge in [-0.2, -0.15) is 17.5 Å². The lowest BCUT2D eigenvalue weighted by Gasteiger charge is -2.05. The van der Waals surface area contributed by atoms with Crippen LogP contribution in [0.5, 0.6) is 0 Å². The van der Waals surface area contributed by atoms with Crippen molar-refractivity contribution >= 4 is 23.9 Å². The Morgan fingerprint density at radius 3 is 2.58 bits per heavy atom. The summed E-state index contributed by atoms with van der Waals surface area (Å²) in [5, 5.41) is 0.579. The summed E-state index contributed by atoms with van der Waals surface area (Å²) in [7, 11) is 0. The summed E-state index contributed by atoms with van der Waals surface area (Å²) >= 11 is 1.08. The first-order chi connectivity index (χ1) is 8.38. The number of halogens is 4. The molecule has 104 valence electrons. The van der Waals surface area contributed by atoms with Crippen LogP contribution >= 0.6 is 23.9 Å². The first kappa shape index (κ1) is 15.8. The van der Waals surface area contributed by atoms with Gasteiger partial charge in [0.25, 0.3) is 0 Å². The van der Waals surface area contributed by atoms with E-state index < -0.39 is 11.9 Å². The van der Waals surface area contributed by atoms with E-state index in [1.165, 1.54) is 6.07 Å². The Hall–Kier alpha value is -1.25. The third kappa shape index (κ3) is 3.62. The second-order valence-corrected chi connectivity index (χ2v) is 4.46.